The quantitative estimate of drug-likeness (QED) is 0.730. The molecule has 0 unspecified atom stereocenters. The predicted octanol–water partition coefficient (Wildman–Crippen LogP) is 2.50. The maximum Gasteiger partial charge on any atom is 0.320 e. The summed E-state index contributed by atoms with van der Waals surface area (Å²) in [7, 11) is 3.91. The van der Waals surface area contributed by atoms with Crippen LogP contribution >= 0.6 is 0 Å². The molecule has 0 radical (unpaired) electrons. The van der Waals surface area contributed by atoms with E-state index in [0.717, 1.165) is 19.6 Å². The second-order valence-electron chi connectivity index (χ2n) is 3.91. The normalized spacial score (nSPS) is 13.8. The number of ether oxygens (including phenoxy) is 2. The van der Waals surface area contributed by atoms with E-state index in [1.165, 1.54) is 0 Å². The Hall–Kier alpha value is -0.650. The molecule has 1 heterocycles. The lowest BCUT2D eigenvalue weighted by atomic mass is 10.4. The average molecular weight is 306 g/mol. The fraction of sp³-hybridized carbons (Fsp3) is 0.938. The first-order chi connectivity index (χ1) is 10.2. The minimum absolute atomic E-state index is 0.140. The highest BCUT2D eigenvalue weighted by Crippen LogP contribution is 1.96. The van der Waals surface area contributed by atoms with Crippen LogP contribution in [-0.4, -0.2) is 75.9 Å². The molecule has 0 spiro atoms. The van der Waals surface area contributed by atoms with E-state index in [4.69, 9.17) is 9.47 Å². The highest BCUT2D eigenvalue weighted by molar-refractivity contribution is 5.71. The average Bonchev–Trinajstić information content (AvgIpc) is 2.54. The molecule has 0 atom stereocenters. The third-order valence-corrected chi connectivity index (χ3v) is 2.26. The lowest BCUT2D eigenvalue weighted by Gasteiger charge is -2.25. The van der Waals surface area contributed by atoms with Crippen LogP contribution in [-0.2, 0) is 14.3 Å². The molecule has 0 aliphatic carbocycles. The van der Waals surface area contributed by atoms with Gasteiger partial charge in [0.1, 0.15) is 6.61 Å². The van der Waals surface area contributed by atoms with Crippen molar-refractivity contribution in [2.24, 2.45) is 0 Å². The van der Waals surface area contributed by atoms with Gasteiger partial charge < -0.3 is 14.4 Å². The Bertz CT molecular complexity index is 194. The van der Waals surface area contributed by atoms with Crippen LogP contribution < -0.4 is 0 Å². The molecule has 1 aliphatic heterocycles. The van der Waals surface area contributed by atoms with Gasteiger partial charge in [-0.15, -0.1) is 0 Å². The van der Waals surface area contributed by atoms with E-state index in [2.05, 4.69) is 4.90 Å². The van der Waals surface area contributed by atoms with Gasteiger partial charge >= 0.3 is 5.97 Å². The van der Waals surface area contributed by atoms with E-state index >= 15 is 0 Å². The second kappa shape index (κ2) is 21.6. The maximum atomic E-state index is 11.4. The van der Waals surface area contributed by atoms with Crippen LogP contribution in [0.15, 0.2) is 0 Å². The van der Waals surface area contributed by atoms with Crippen LogP contribution in [0.3, 0.4) is 0 Å². The standard InChI is InChI=1S/C10H20N2O3.3C2H6/c1-11(2)3-8-15-10(13)9-12-4-6-14-7-5-12;3*1-2/h3-9H2,1-2H3;3*1-2H3. The number of hydrogen-bond acceptors (Lipinski definition) is 5. The van der Waals surface area contributed by atoms with Gasteiger partial charge in [-0.1, -0.05) is 41.5 Å². The maximum absolute atomic E-state index is 11.4. The zero-order valence-electron chi connectivity index (χ0n) is 15.6. The number of likely N-dealkylation sites (N-methyl/N-ethyl adjacent to an activating group) is 1. The van der Waals surface area contributed by atoms with Gasteiger partial charge in [-0.2, -0.15) is 0 Å². The molecule has 0 saturated carbocycles. The fourth-order valence-electron chi connectivity index (χ4n) is 1.33. The summed E-state index contributed by atoms with van der Waals surface area (Å²) < 4.78 is 10.3. The van der Waals surface area contributed by atoms with Gasteiger partial charge in [0.2, 0.25) is 0 Å². The molecule has 1 fully saturated rings. The number of carbonyl (C=O) groups excluding carboxylic acids is 1. The summed E-state index contributed by atoms with van der Waals surface area (Å²) in [4.78, 5) is 15.4. The van der Waals surface area contributed by atoms with Crippen molar-refractivity contribution in [3.63, 3.8) is 0 Å². The van der Waals surface area contributed by atoms with Crippen molar-refractivity contribution < 1.29 is 14.3 Å². The number of nitrogens with zero attached hydrogens (tertiary/aromatic N) is 2. The van der Waals surface area contributed by atoms with Crippen LogP contribution in [0, 0.1) is 0 Å². The molecule has 0 N–H and O–H groups in total. The van der Waals surface area contributed by atoms with E-state index in [0.29, 0.717) is 26.4 Å². The summed E-state index contributed by atoms with van der Waals surface area (Å²) in [6.45, 7) is 16.7. The number of rotatable bonds is 5. The first-order valence-electron chi connectivity index (χ1n) is 8.29. The van der Waals surface area contributed by atoms with E-state index in [9.17, 15) is 4.79 Å². The van der Waals surface area contributed by atoms with Crippen LogP contribution in [0.4, 0.5) is 0 Å². The monoisotopic (exact) mass is 306 g/mol. The fourth-order valence-corrected chi connectivity index (χ4v) is 1.33. The number of hydrogen-bond donors (Lipinski definition) is 0. The minimum atomic E-state index is -0.140. The number of esters is 1. The molecule has 1 aliphatic rings. The van der Waals surface area contributed by atoms with E-state index in [1.54, 1.807) is 0 Å². The van der Waals surface area contributed by atoms with Crippen LogP contribution in [0.5, 0.6) is 0 Å². The van der Waals surface area contributed by atoms with E-state index in [1.807, 2.05) is 60.5 Å². The van der Waals surface area contributed by atoms with Crippen molar-refractivity contribution in [3.8, 4) is 0 Å². The lowest BCUT2D eigenvalue weighted by Crippen LogP contribution is -2.40. The zero-order chi connectivity index (χ0) is 17.1. The SMILES string of the molecule is CC.CC.CC.CN(C)CCOC(=O)CN1CCOCC1. The molecule has 1 rings (SSSR count). The Labute approximate surface area is 132 Å². The van der Waals surface area contributed by atoms with Gasteiger partial charge in [-0.3, -0.25) is 9.69 Å². The summed E-state index contributed by atoms with van der Waals surface area (Å²) in [6, 6.07) is 0. The predicted molar refractivity (Wildman–Crippen MR) is 90.8 cm³/mol. The van der Waals surface area contributed by atoms with Crippen molar-refractivity contribution in [1.82, 2.24) is 9.80 Å². The molecule has 130 valence electrons. The molecule has 0 aromatic carbocycles. The summed E-state index contributed by atoms with van der Waals surface area (Å²) in [5, 5.41) is 0. The second-order valence-corrected chi connectivity index (χ2v) is 3.91. The van der Waals surface area contributed by atoms with Gasteiger partial charge in [-0.25, -0.2) is 0 Å². The smallest absolute Gasteiger partial charge is 0.320 e. The first kappa shape index (κ1) is 25.3. The molecular formula is C16H38N2O3. The third kappa shape index (κ3) is 19.4. The van der Waals surface area contributed by atoms with Crippen LogP contribution in [0.1, 0.15) is 41.5 Å². The third-order valence-electron chi connectivity index (χ3n) is 2.26. The zero-order valence-corrected chi connectivity index (χ0v) is 15.6. The molecule has 0 aromatic rings. The van der Waals surface area contributed by atoms with Crippen LogP contribution in [0.25, 0.3) is 0 Å². The summed E-state index contributed by atoms with van der Waals surface area (Å²) in [6.07, 6.45) is 0. The van der Waals surface area contributed by atoms with Gasteiger partial charge in [0.25, 0.3) is 0 Å². The molecular weight excluding hydrogens is 268 g/mol. The van der Waals surface area contributed by atoms with Crippen molar-refractivity contribution >= 4 is 5.97 Å². The molecule has 21 heavy (non-hydrogen) atoms. The lowest BCUT2D eigenvalue weighted by molar-refractivity contribution is -0.146. The van der Waals surface area contributed by atoms with Crippen molar-refractivity contribution in [2.45, 2.75) is 41.5 Å². The Morgan fingerprint density at radius 1 is 1.05 bits per heavy atom. The van der Waals surface area contributed by atoms with Crippen molar-refractivity contribution in [2.75, 3.05) is 60.1 Å². The van der Waals surface area contributed by atoms with E-state index in [-0.39, 0.29) is 5.97 Å². The molecule has 5 heteroatoms. The van der Waals surface area contributed by atoms with Gasteiger partial charge in [0.15, 0.2) is 0 Å². The summed E-state index contributed by atoms with van der Waals surface area (Å²) >= 11 is 0. The van der Waals surface area contributed by atoms with E-state index < -0.39 is 0 Å². The van der Waals surface area contributed by atoms with Crippen molar-refractivity contribution in [1.29, 1.82) is 0 Å². The topological polar surface area (TPSA) is 42.0 Å². The molecule has 1 saturated heterocycles. The Morgan fingerprint density at radius 3 is 1.95 bits per heavy atom. The first-order valence-corrected chi connectivity index (χ1v) is 8.29. The highest BCUT2D eigenvalue weighted by atomic mass is 16.5. The van der Waals surface area contributed by atoms with Gasteiger partial charge in [0.05, 0.1) is 19.8 Å². The van der Waals surface area contributed by atoms with Gasteiger partial charge in [-0.05, 0) is 14.1 Å². The molecule has 0 amide bonds. The van der Waals surface area contributed by atoms with Gasteiger partial charge in [0, 0.05) is 19.6 Å². The highest BCUT2D eigenvalue weighted by Gasteiger charge is 2.14. The largest absolute Gasteiger partial charge is 0.463 e. The molecule has 0 bridgehead atoms. The summed E-state index contributed by atoms with van der Waals surface area (Å²) in [5.41, 5.74) is 0. The number of carbonyl (C=O) groups is 1. The minimum Gasteiger partial charge on any atom is -0.463 e. The Balaban J connectivity index is -0.000000478. The Morgan fingerprint density at radius 2 is 1.52 bits per heavy atom. The molecule has 0 aromatic heterocycles. The Kier molecular flexibility index (Phi) is 26.1. The van der Waals surface area contributed by atoms with Crippen molar-refractivity contribution in [3.05, 3.63) is 0 Å². The summed E-state index contributed by atoms with van der Waals surface area (Å²) in [5.74, 6) is -0.140. The van der Waals surface area contributed by atoms with Crippen LogP contribution in [0.2, 0.25) is 0 Å². The molecule has 5 nitrogen and oxygen atoms in total. The number of morpholine rings is 1.